The first-order chi connectivity index (χ1) is 10.4. The van der Waals surface area contributed by atoms with Gasteiger partial charge in [-0.2, -0.15) is 0 Å². The van der Waals surface area contributed by atoms with Crippen LogP contribution in [0.3, 0.4) is 0 Å². The molecule has 0 bridgehead atoms. The first kappa shape index (κ1) is 18.5. The quantitative estimate of drug-likeness (QED) is 0.587. The Morgan fingerprint density at radius 2 is 1.95 bits per heavy atom. The molecule has 0 spiro atoms. The molecule has 1 heterocycles. The van der Waals surface area contributed by atoms with Crippen molar-refractivity contribution in [2.24, 2.45) is 0 Å². The lowest BCUT2D eigenvalue weighted by molar-refractivity contribution is -0.145. The molecule has 1 aromatic carbocycles. The number of thioether (sulfide) groups is 1. The zero-order valence-corrected chi connectivity index (χ0v) is 15.1. The number of fused-ring (bicyclic) bond motifs is 1. The molecule has 3 nitrogen and oxygen atoms in total. The molecule has 22 heavy (non-hydrogen) atoms. The smallest absolute Gasteiger partial charge is 0.321 e. The summed E-state index contributed by atoms with van der Waals surface area (Å²) in [6, 6.07) is 6.17. The van der Waals surface area contributed by atoms with Crippen molar-refractivity contribution in [1.29, 1.82) is 0 Å². The van der Waals surface area contributed by atoms with Gasteiger partial charge in [-0.25, -0.2) is 0 Å². The molecule has 0 unspecified atom stereocenters. The first-order valence-corrected chi connectivity index (χ1v) is 8.46. The van der Waals surface area contributed by atoms with Gasteiger partial charge < -0.3 is 4.74 Å². The highest BCUT2D eigenvalue weighted by Crippen LogP contribution is 2.35. The van der Waals surface area contributed by atoms with E-state index in [9.17, 15) is 4.79 Å². The van der Waals surface area contributed by atoms with E-state index in [1.165, 1.54) is 17.1 Å². The second-order valence-corrected chi connectivity index (χ2v) is 6.87. The standard InChI is InChI=1S/C16H19NO2S.C2H6/c1-5-19-15(18)16(3,4)20-13-7-6-12-10-17-9-11(2)14(12)8-13;1-2/h6-10H,5H2,1-4H3;1-2H3. The van der Waals surface area contributed by atoms with Gasteiger partial charge in [0.05, 0.1) is 6.61 Å². The highest BCUT2D eigenvalue weighted by molar-refractivity contribution is 8.01. The summed E-state index contributed by atoms with van der Waals surface area (Å²) in [5.74, 6) is -0.184. The van der Waals surface area contributed by atoms with Gasteiger partial charge in [-0.15, -0.1) is 11.8 Å². The summed E-state index contributed by atoms with van der Waals surface area (Å²) in [6.07, 6.45) is 3.71. The Bertz CT molecular complexity index is 638. The summed E-state index contributed by atoms with van der Waals surface area (Å²) in [5, 5.41) is 2.29. The minimum Gasteiger partial charge on any atom is -0.465 e. The zero-order chi connectivity index (χ0) is 16.8. The fraction of sp³-hybridized carbons (Fsp3) is 0.444. The molecule has 0 amide bonds. The molecule has 0 saturated heterocycles. The predicted molar refractivity (Wildman–Crippen MR) is 94.4 cm³/mol. The predicted octanol–water partition coefficient (Wildman–Crippen LogP) is 5.00. The minimum atomic E-state index is -0.593. The second kappa shape index (κ2) is 8.18. The number of pyridine rings is 1. The number of carbonyl (C=O) groups is 1. The third kappa shape index (κ3) is 4.47. The molecule has 4 heteroatoms. The number of aryl methyl sites for hydroxylation is 1. The molecular formula is C18H25NO2S. The number of carbonyl (C=O) groups excluding carboxylic acids is 1. The van der Waals surface area contributed by atoms with Crippen molar-refractivity contribution in [1.82, 2.24) is 4.98 Å². The Kier molecular flexibility index (Phi) is 6.88. The Morgan fingerprint density at radius 1 is 1.27 bits per heavy atom. The largest absolute Gasteiger partial charge is 0.465 e. The number of hydrogen-bond acceptors (Lipinski definition) is 4. The molecule has 0 aliphatic rings. The van der Waals surface area contributed by atoms with Crippen LogP contribution in [0.1, 0.15) is 40.2 Å². The summed E-state index contributed by atoms with van der Waals surface area (Å²) in [4.78, 5) is 17.2. The molecule has 0 N–H and O–H groups in total. The van der Waals surface area contributed by atoms with Crippen LogP contribution in [0.5, 0.6) is 0 Å². The summed E-state index contributed by atoms with van der Waals surface area (Å²) in [6.45, 7) is 12.1. The molecule has 0 fully saturated rings. The fourth-order valence-corrected chi connectivity index (χ4v) is 3.04. The molecule has 120 valence electrons. The van der Waals surface area contributed by atoms with Crippen LogP contribution in [0, 0.1) is 6.92 Å². The lowest BCUT2D eigenvalue weighted by atomic mass is 10.1. The number of esters is 1. The average Bonchev–Trinajstić information content (AvgIpc) is 2.50. The van der Waals surface area contributed by atoms with Gasteiger partial charge in [0, 0.05) is 22.7 Å². The van der Waals surface area contributed by atoms with Gasteiger partial charge in [0.1, 0.15) is 4.75 Å². The van der Waals surface area contributed by atoms with Crippen LogP contribution in [-0.2, 0) is 9.53 Å². The van der Waals surface area contributed by atoms with Crippen molar-refractivity contribution in [3.8, 4) is 0 Å². The van der Waals surface area contributed by atoms with Crippen LogP contribution in [0.15, 0.2) is 35.5 Å². The normalized spacial score (nSPS) is 10.8. The van der Waals surface area contributed by atoms with E-state index in [0.29, 0.717) is 6.61 Å². The Hall–Kier alpha value is -1.55. The molecule has 2 rings (SSSR count). The van der Waals surface area contributed by atoms with Crippen LogP contribution in [0.2, 0.25) is 0 Å². The van der Waals surface area contributed by atoms with E-state index in [2.05, 4.69) is 11.1 Å². The van der Waals surface area contributed by atoms with Crippen molar-refractivity contribution >= 4 is 28.5 Å². The van der Waals surface area contributed by atoms with Crippen LogP contribution < -0.4 is 0 Å². The zero-order valence-electron chi connectivity index (χ0n) is 14.3. The second-order valence-electron chi connectivity index (χ2n) is 5.17. The Balaban J connectivity index is 0.00000116. The van der Waals surface area contributed by atoms with Crippen molar-refractivity contribution in [2.75, 3.05) is 6.61 Å². The highest BCUT2D eigenvalue weighted by Gasteiger charge is 2.30. The lowest BCUT2D eigenvalue weighted by Gasteiger charge is -2.21. The highest BCUT2D eigenvalue weighted by atomic mass is 32.2. The molecule has 1 aromatic heterocycles. The third-order valence-corrected chi connectivity index (χ3v) is 4.24. The Labute approximate surface area is 137 Å². The van der Waals surface area contributed by atoms with Crippen LogP contribution in [-0.4, -0.2) is 22.3 Å². The summed E-state index contributed by atoms with van der Waals surface area (Å²) >= 11 is 1.52. The molecule has 0 radical (unpaired) electrons. The van der Waals surface area contributed by atoms with Gasteiger partial charge in [-0.1, -0.05) is 19.9 Å². The van der Waals surface area contributed by atoms with Crippen molar-refractivity contribution in [2.45, 2.75) is 51.2 Å². The summed E-state index contributed by atoms with van der Waals surface area (Å²) in [7, 11) is 0. The number of hydrogen-bond donors (Lipinski definition) is 0. The monoisotopic (exact) mass is 319 g/mol. The molecular weight excluding hydrogens is 294 g/mol. The maximum Gasteiger partial charge on any atom is 0.321 e. The van der Waals surface area contributed by atoms with E-state index in [4.69, 9.17) is 4.74 Å². The lowest BCUT2D eigenvalue weighted by Crippen LogP contribution is -2.29. The van der Waals surface area contributed by atoms with Gasteiger partial charge in [0.2, 0.25) is 0 Å². The van der Waals surface area contributed by atoms with Crippen LogP contribution in [0.25, 0.3) is 10.8 Å². The molecule has 2 aromatic rings. The maximum absolute atomic E-state index is 11.9. The average molecular weight is 319 g/mol. The van der Waals surface area contributed by atoms with Crippen molar-refractivity contribution in [3.05, 3.63) is 36.2 Å². The molecule has 0 atom stereocenters. The Morgan fingerprint density at radius 3 is 2.59 bits per heavy atom. The number of nitrogens with zero attached hydrogens (tertiary/aromatic N) is 1. The van der Waals surface area contributed by atoms with Crippen LogP contribution >= 0.6 is 11.8 Å². The first-order valence-electron chi connectivity index (χ1n) is 7.64. The van der Waals surface area contributed by atoms with E-state index in [1.807, 2.05) is 66.1 Å². The topological polar surface area (TPSA) is 39.2 Å². The van der Waals surface area contributed by atoms with Crippen molar-refractivity contribution in [3.63, 3.8) is 0 Å². The molecule has 0 aliphatic carbocycles. The van der Waals surface area contributed by atoms with E-state index in [0.717, 1.165) is 15.8 Å². The van der Waals surface area contributed by atoms with E-state index in [1.54, 1.807) is 0 Å². The number of ether oxygens (including phenoxy) is 1. The molecule has 0 aliphatic heterocycles. The van der Waals surface area contributed by atoms with Gasteiger partial charge in [0.15, 0.2) is 0 Å². The van der Waals surface area contributed by atoms with Crippen LogP contribution in [0.4, 0.5) is 0 Å². The van der Waals surface area contributed by atoms with Crippen molar-refractivity contribution < 1.29 is 9.53 Å². The van der Waals surface area contributed by atoms with E-state index >= 15 is 0 Å². The fourth-order valence-electron chi connectivity index (χ4n) is 1.99. The maximum atomic E-state index is 11.9. The minimum absolute atomic E-state index is 0.184. The number of aromatic nitrogens is 1. The van der Waals surface area contributed by atoms with Gasteiger partial charge in [-0.05, 0) is 50.8 Å². The van der Waals surface area contributed by atoms with E-state index in [-0.39, 0.29) is 5.97 Å². The molecule has 0 saturated carbocycles. The summed E-state index contributed by atoms with van der Waals surface area (Å²) in [5.41, 5.74) is 1.14. The summed E-state index contributed by atoms with van der Waals surface area (Å²) < 4.78 is 4.53. The van der Waals surface area contributed by atoms with Gasteiger partial charge in [0.25, 0.3) is 0 Å². The number of benzene rings is 1. The van der Waals surface area contributed by atoms with E-state index < -0.39 is 4.75 Å². The number of rotatable bonds is 4. The van der Waals surface area contributed by atoms with Gasteiger partial charge >= 0.3 is 5.97 Å². The SMILES string of the molecule is CC.CCOC(=O)C(C)(C)Sc1ccc2cncc(C)c2c1. The third-order valence-electron chi connectivity index (χ3n) is 3.07. The van der Waals surface area contributed by atoms with Gasteiger partial charge in [-0.3, -0.25) is 9.78 Å².